The van der Waals surface area contributed by atoms with Crippen molar-refractivity contribution in [2.24, 2.45) is 17.3 Å². The van der Waals surface area contributed by atoms with E-state index in [0.717, 1.165) is 44.2 Å². The Labute approximate surface area is 186 Å². The van der Waals surface area contributed by atoms with Gasteiger partial charge in [0.15, 0.2) is 5.78 Å². The van der Waals surface area contributed by atoms with Gasteiger partial charge >= 0.3 is 5.97 Å². The van der Waals surface area contributed by atoms with Crippen LogP contribution in [0.5, 0.6) is 0 Å². The van der Waals surface area contributed by atoms with Crippen LogP contribution in [0.25, 0.3) is 0 Å². The van der Waals surface area contributed by atoms with Gasteiger partial charge in [0.2, 0.25) is 0 Å². The largest absolute Gasteiger partial charge is 0.477 e. The summed E-state index contributed by atoms with van der Waals surface area (Å²) < 4.78 is 0. The van der Waals surface area contributed by atoms with E-state index >= 15 is 0 Å². The average molecular weight is 434 g/mol. The number of ketones is 1. The van der Waals surface area contributed by atoms with E-state index in [2.05, 4.69) is 15.3 Å². The number of carboxylic acids is 1. The van der Waals surface area contributed by atoms with E-state index in [1.165, 1.54) is 6.07 Å². The van der Waals surface area contributed by atoms with Crippen molar-refractivity contribution in [2.75, 3.05) is 0 Å². The first-order chi connectivity index (χ1) is 15.2. The number of nitrogens with zero attached hydrogens (tertiary/aromatic N) is 2. The van der Waals surface area contributed by atoms with E-state index in [4.69, 9.17) is 0 Å². The van der Waals surface area contributed by atoms with Gasteiger partial charge in [0.1, 0.15) is 17.1 Å². The summed E-state index contributed by atoms with van der Waals surface area (Å²) in [6, 6.07) is 10.0. The molecule has 2 heterocycles. The molecular weight excluding hydrogens is 406 g/mol. The minimum Gasteiger partial charge on any atom is -0.477 e. The van der Waals surface area contributed by atoms with Crippen LogP contribution in [0.2, 0.25) is 0 Å². The Hall–Kier alpha value is -3.09. The molecule has 0 spiro atoms. The van der Waals surface area contributed by atoms with Gasteiger partial charge in [-0.05, 0) is 87.0 Å². The predicted octanol–water partition coefficient (Wildman–Crippen LogP) is 3.83. The number of carbonyl (C=O) groups excluding carboxylic acids is 2. The van der Waals surface area contributed by atoms with Crippen molar-refractivity contribution in [1.82, 2.24) is 15.3 Å². The molecule has 2 aromatic rings. The first-order valence-corrected chi connectivity index (χ1v) is 11.2. The molecule has 0 saturated heterocycles. The predicted molar refractivity (Wildman–Crippen MR) is 116 cm³/mol. The van der Waals surface area contributed by atoms with Crippen molar-refractivity contribution >= 4 is 17.7 Å². The quantitative estimate of drug-likeness (QED) is 0.670. The molecule has 4 aliphatic carbocycles. The summed E-state index contributed by atoms with van der Waals surface area (Å²) in [6.07, 6.45) is 6.13. The molecule has 2 atom stereocenters. The van der Waals surface area contributed by atoms with Crippen LogP contribution >= 0.6 is 0 Å². The maximum atomic E-state index is 13.1. The number of pyridine rings is 2. The van der Waals surface area contributed by atoms with Crippen molar-refractivity contribution in [3.05, 3.63) is 59.2 Å². The van der Waals surface area contributed by atoms with E-state index in [1.54, 1.807) is 18.2 Å². The van der Waals surface area contributed by atoms with Crippen LogP contribution in [0.3, 0.4) is 0 Å². The molecule has 0 aliphatic heterocycles. The van der Waals surface area contributed by atoms with E-state index in [1.807, 2.05) is 19.1 Å². The highest BCUT2D eigenvalue weighted by molar-refractivity contribution is 5.96. The number of amides is 1. The molecule has 4 saturated carbocycles. The molecule has 7 heteroatoms. The summed E-state index contributed by atoms with van der Waals surface area (Å²) in [5.41, 5.74) is 0.860. The number of Topliss-reactive ketones (excluding diaryl/α,β-unsaturated/α-hetero) is 1. The van der Waals surface area contributed by atoms with Gasteiger partial charge in [-0.3, -0.25) is 9.59 Å². The Morgan fingerprint density at radius 2 is 1.62 bits per heavy atom. The van der Waals surface area contributed by atoms with Crippen molar-refractivity contribution in [3.8, 4) is 0 Å². The van der Waals surface area contributed by atoms with Crippen LogP contribution in [-0.2, 0) is 0 Å². The smallest absolute Gasteiger partial charge is 0.354 e. The van der Waals surface area contributed by atoms with Crippen molar-refractivity contribution in [1.29, 1.82) is 0 Å². The third kappa shape index (κ3) is 3.80. The number of carbonyl (C=O) groups is 3. The highest BCUT2D eigenvalue weighted by atomic mass is 16.4. The lowest BCUT2D eigenvalue weighted by molar-refractivity contribution is -0.0771. The number of aromatic nitrogens is 2. The Balaban J connectivity index is 1.37. The van der Waals surface area contributed by atoms with Gasteiger partial charge in [0, 0.05) is 17.7 Å². The minimum absolute atomic E-state index is 0.114. The number of aromatic carboxylic acids is 1. The van der Waals surface area contributed by atoms with Gasteiger partial charge in [0.25, 0.3) is 5.91 Å². The lowest BCUT2D eigenvalue weighted by Crippen LogP contribution is -2.63. The van der Waals surface area contributed by atoms with Crippen LogP contribution in [0.15, 0.2) is 36.4 Å². The number of nitrogens with one attached hydrogen (secondary N) is 1. The first kappa shape index (κ1) is 20.8. The standard InChI is InChI=1S/C25H27N3O4/c1-15-4-2-6-19(26-15)22(30)28-25-11-16-8-17(12-25)10-24(9-16,14-25)13-21(29)18-5-3-7-20(27-18)23(31)32/h2-7,16-17H,8-14H2,1H3,(H,28,30)(H,31,32). The van der Waals surface area contributed by atoms with Gasteiger partial charge in [-0.2, -0.15) is 0 Å². The summed E-state index contributed by atoms with van der Waals surface area (Å²) in [4.78, 5) is 45.8. The molecule has 2 unspecified atom stereocenters. The molecule has 4 fully saturated rings. The van der Waals surface area contributed by atoms with Crippen molar-refractivity contribution in [3.63, 3.8) is 0 Å². The van der Waals surface area contributed by atoms with Crippen LogP contribution in [-0.4, -0.2) is 38.3 Å². The van der Waals surface area contributed by atoms with Crippen LogP contribution in [0, 0.1) is 24.2 Å². The second kappa shape index (κ2) is 7.50. The molecule has 0 radical (unpaired) electrons. The molecule has 6 rings (SSSR count). The third-order valence-corrected chi connectivity index (χ3v) is 7.47. The lowest BCUT2D eigenvalue weighted by atomic mass is 9.46. The monoisotopic (exact) mass is 433 g/mol. The molecule has 0 aromatic carbocycles. The molecule has 2 aromatic heterocycles. The number of aryl methyl sites for hydroxylation is 1. The molecule has 4 aliphatic rings. The number of hydrogen-bond acceptors (Lipinski definition) is 5. The lowest BCUT2D eigenvalue weighted by Gasteiger charge is -2.62. The van der Waals surface area contributed by atoms with E-state index in [-0.39, 0.29) is 34.0 Å². The summed E-state index contributed by atoms with van der Waals surface area (Å²) in [7, 11) is 0. The first-order valence-electron chi connectivity index (χ1n) is 11.2. The number of hydrogen-bond donors (Lipinski definition) is 2. The summed E-state index contributed by atoms with van der Waals surface area (Å²) in [6.45, 7) is 1.87. The average Bonchev–Trinajstić information content (AvgIpc) is 2.72. The van der Waals surface area contributed by atoms with Gasteiger partial charge < -0.3 is 10.4 Å². The van der Waals surface area contributed by atoms with E-state index in [9.17, 15) is 19.5 Å². The fourth-order valence-corrected chi connectivity index (χ4v) is 6.92. The fraction of sp³-hybridized carbons (Fsp3) is 0.480. The molecular formula is C25H27N3O4. The Bertz CT molecular complexity index is 1100. The highest BCUT2D eigenvalue weighted by Gasteiger charge is 2.58. The highest BCUT2D eigenvalue weighted by Crippen LogP contribution is 2.63. The second-order valence-electron chi connectivity index (χ2n) is 10.2. The molecule has 32 heavy (non-hydrogen) atoms. The zero-order valence-corrected chi connectivity index (χ0v) is 18.1. The Kier molecular flexibility index (Phi) is 4.87. The van der Waals surface area contributed by atoms with Crippen molar-refractivity contribution in [2.45, 2.75) is 57.4 Å². The van der Waals surface area contributed by atoms with Crippen LogP contribution in [0.1, 0.15) is 82.1 Å². The van der Waals surface area contributed by atoms with Gasteiger partial charge in [0.05, 0.1) is 0 Å². The summed E-state index contributed by atoms with van der Waals surface area (Å²) >= 11 is 0. The molecule has 4 bridgehead atoms. The topological polar surface area (TPSA) is 109 Å². The van der Waals surface area contributed by atoms with Crippen molar-refractivity contribution < 1.29 is 19.5 Å². The molecule has 166 valence electrons. The van der Waals surface area contributed by atoms with E-state index in [0.29, 0.717) is 24.0 Å². The number of rotatable bonds is 6. The SMILES string of the molecule is Cc1cccc(C(=O)NC23CC4CC(CC(CC(=O)c5cccc(C(=O)O)n5)(C4)C2)C3)n1. The summed E-state index contributed by atoms with van der Waals surface area (Å²) in [5, 5.41) is 12.5. The Morgan fingerprint density at radius 1 is 0.969 bits per heavy atom. The Morgan fingerprint density at radius 3 is 2.31 bits per heavy atom. The van der Waals surface area contributed by atoms with E-state index < -0.39 is 5.97 Å². The van der Waals surface area contributed by atoms with Crippen LogP contribution < -0.4 is 5.32 Å². The maximum absolute atomic E-state index is 13.1. The van der Waals surface area contributed by atoms with Gasteiger partial charge in [-0.1, -0.05) is 12.1 Å². The third-order valence-electron chi connectivity index (χ3n) is 7.47. The zero-order chi connectivity index (χ0) is 22.5. The van der Waals surface area contributed by atoms with Gasteiger partial charge in [-0.15, -0.1) is 0 Å². The zero-order valence-electron chi connectivity index (χ0n) is 18.1. The molecule has 7 nitrogen and oxygen atoms in total. The van der Waals surface area contributed by atoms with Gasteiger partial charge in [-0.25, -0.2) is 14.8 Å². The summed E-state index contributed by atoms with van der Waals surface area (Å²) in [5.74, 6) is -0.410. The molecule has 1 amide bonds. The normalized spacial score (nSPS) is 30.2. The minimum atomic E-state index is -1.14. The fourth-order valence-electron chi connectivity index (χ4n) is 6.92. The maximum Gasteiger partial charge on any atom is 0.354 e. The number of carboxylic acid groups (broad SMARTS) is 1. The second-order valence-corrected chi connectivity index (χ2v) is 10.2. The van der Waals surface area contributed by atoms with Crippen LogP contribution in [0.4, 0.5) is 0 Å². The molecule has 2 N–H and O–H groups in total.